The molecule has 0 radical (unpaired) electrons. The van der Waals surface area contributed by atoms with Crippen LogP contribution in [0, 0.1) is 5.41 Å². The lowest BCUT2D eigenvalue weighted by Crippen LogP contribution is -2.61. The fourth-order valence-corrected chi connectivity index (χ4v) is 1.75. The van der Waals surface area contributed by atoms with E-state index < -0.39 is 0 Å². The van der Waals surface area contributed by atoms with E-state index in [1.807, 2.05) is 11.8 Å². The number of carbonyl (C=O) groups excluding carboxylic acids is 1. The van der Waals surface area contributed by atoms with E-state index in [4.69, 9.17) is 11.6 Å². The highest BCUT2D eigenvalue weighted by atomic mass is 35.5. The van der Waals surface area contributed by atoms with Gasteiger partial charge in [-0.1, -0.05) is 0 Å². The first-order valence-electron chi connectivity index (χ1n) is 4.04. The fourth-order valence-electron chi connectivity index (χ4n) is 1.55. The average molecular weight is 174 g/mol. The lowest BCUT2D eigenvalue weighted by atomic mass is 9.83. The molecule has 3 heteroatoms. The third kappa shape index (κ3) is 0.959. The Bertz CT molecular complexity index is 202. The minimum absolute atomic E-state index is 0.232. The topological polar surface area (TPSA) is 20.3 Å². The Morgan fingerprint density at radius 3 is 2.73 bits per heavy atom. The molecule has 11 heavy (non-hydrogen) atoms. The predicted octanol–water partition coefficient (Wildman–Crippen LogP) is 1.24. The molecule has 1 aliphatic heterocycles. The van der Waals surface area contributed by atoms with Gasteiger partial charge in [0.25, 0.3) is 0 Å². The molecule has 2 fully saturated rings. The number of likely N-dealkylation sites (tertiary alicyclic amines) is 1. The van der Waals surface area contributed by atoms with Crippen LogP contribution in [-0.4, -0.2) is 29.3 Å². The van der Waals surface area contributed by atoms with Crippen molar-refractivity contribution < 1.29 is 4.79 Å². The highest BCUT2D eigenvalue weighted by Crippen LogP contribution is 2.40. The Hall–Kier alpha value is -0.240. The fraction of sp³-hybridized carbons (Fsp3) is 0.875. The van der Waals surface area contributed by atoms with E-state index in [9.17, 15) is 4.79 Å². The van der Waals surface area contributed by atoms with Gasteiger partial charge in [-0.15, -0.1) is 11.6 Å². The molecule has 2 nitrogen and oxygen atoms in total. The van der Waals surface area contributed by atoms with Crippen LogP contribution in [0.4, 0.5) is 0 Å². The van der Waals surface area contributed by atoms with Gasteiger partial charge in [-0.05, 0) is 19.8 Å². The zero-order valence-corrected chi connectivity index (χ0v) is 7.40. The summed E-state index contributed by atoms with van der Waals surface area (Å²) in [6.07, 6.45) is 2.40. The van der Waals surface area contributed by atoms with Gasteiger partial charge in [0.2, 0.25) is 5.91 Å². The summed E-state index contributed by atoms with van der Waals surface area (Å²) in [5, 5.41) is 0. The van der Waals surface area contributed by atoms with Crippen molar-refractivity contribution in [1.29, 1.82) is 0 Å². The number of rotatable bonds is 2. The zero-order valence-electron chi connectivity index (χ0n) is 6.64. The number of β-lactam (4-membered cyclic amide) rings is 1. The van der Waals surface area contributed by atoms with Crippen LogP contribution < -0.4 is 0 Å². The normalized spacial score (nSPS) is 37.3. The Morgan fingerprint density at radius 1 is 1.73 bits per heavy atom. The maximum atomic E-state index is 11.4. The standard InChI is InChI=1S/C8H12ClNO/c1-8(4-9)5-10(7(8)11)6-2-3-6/h6H,2-5H2,1H3. The van der Waals surface area contributed by atoms with E-state index in [-0.39, 0.29) is 11.3 Å². The van der Waals surface area contributed by atoms with Crippen molar-refractivity contribution in [1.82, 2.24) is 4.90 Å². The van der Waals surface area contributed by atoms with Crippen LogP contribution in [0.25, 0.3) is 0 Å². The molecule has 0 aromatic heterocycles. The van der Waals surface area contributed by atoms with Gasteiger partial charge in [0, 0.05) is 18.5 Å². The molecule has 1 heterocycles. The quantitative estimate of drug-likeness (QED) is 0.455. The Kier molecular flexibility index (Phi) is 1.43. The molecule has 0 bridgehead atoms. The number of carbonyl (C=O) groups is 1. The van der Waals surface area contributed by atoms with Crippen LogP contribution in [-0.2, 0) is 4.79 Å². The van der Waals surface area contributed by atoms with Gasteiger partial charge in [-0.3, -0.25) is 4.79 Å². The summed E-state index contributed by atoms with van der Waals surface area (Å²) in [5.74, 6) is 0.727. The molecule has 1 amide bonds. The molecule has 2 rings (SSSR count). The smallest absolute Gasteiger partial charge is 0.231 e. The third-order valence-corrected chi connectivity index (χ3v) is 3.17. The molecule has 1 aliphatic carbocycles. The second kappa shape index (κ2) is 2.13. The first-order chi connectivity index (χ1) is 5.17. The number of halogens is 1. The second-order valence-corrected chi connectivity index (χ2v) is 4.13. The van der Waals surface area contributed by atoms with Crippen LogP contribution in [0.15, 0.2) is 0 Å². The minimum Gasteiger partial charge on any atom is -0.338 e. The lowest BCUT2D eigenvalue weighted by Gasteiger charge is -2.46. The van der Waals surface area contributed by atoms with Crippen LogP contribution in [0.3, 0.4) is 0 Å². The Labute approximate surface area is 71.5 Å². The van der Waals surface area contributed by atoms with E-state index in [1.54, 1.807) is 0 Å². The highest BCUT2D eigenvalue weighted by molar-refractivity contribution is 6.20. The lowest BCUT2D eigenvalue weighted by molar-refractivity contribution is -0.157. The maximum Gasteiger partial charge on any atom is 0.231 e. The summed E-state index contributed by atoms with van der Waals surface area (Å²) >= 11 is 5.68. The molecule has 1 unspecified atom stereocenters. The average Bonchev–Trinajstić information content (AvgIpc) is 2.81. The van der Waals surface area contributed by atoms with Gasteiger partial charge in [0.1, 0.15) is 0 Å². The summed E-state index contributed by atoms with van der Waals surface area (Å²) in [7, 11) is 0. The van der Waals surface area contributed by atoms with Gasteiger partial charge in [0.05, 0.1) is 5.41 Å². The van der Waals surface area contributed by atoms with E-state index in [2.05, 4.69) is 0 Å². The molecular weight excluding hydrogens is 162 g/mol. The van der Waals surface area contributed by atoms with Crippen molar-refractivity contribution in [3.63, 3.8) is 0 Å². The number of hydrogen-bond donors (Lipinski definition) is 0. The van der Waals surface area contributed by atoms with Crippen molar-refractivity contribution in [3.05, 3.63) is 0 Å². The van der Waals surface area contributed by atoms with Crippen LogP contribution in [0.2, 0.25) is 0 Å². The molecular formula is C8H12ClNO. The van der Waals surface area contributed by atoms with Crippen molar-refractivity contribution >= 4 is 17.5 Å². The predicted molar refractivity (Wildman–Crippen MR) is 43.6 cm³/mol. The molecule has 1 saturated carbocycles. The van der Waals surface area contributed by atoms with Gasteiger partial charge >= 0.3 is 0 Å². The van der Waals surface area contributed by atoms with Gasteiger partial charge in [-0.25, -0.2) is 0 Å². The zero-order chi connectivity index (χ0) is 8.06. The molecule has 1 saturated heterocycles. The monoisotopic (exact) mass is 173 g/mol. The van der Waals surface area contributed by atoms with E-state index >= 15 is 0 Å². The van der Waals surface area contributed by atoms with Crippen molar-refractivity contribution in [2.24, 2.45) is 5.41 Å². The number of amides is 1. The van der Waals surface area contributed by atoms with E-state index in [0.29, 0.717) is 11.9 Å². The minimum atomic E-state index is -0.232. The van der Waals surface area contributed by atoms with Gasteiger partial charge in [-0.2, -0.15) is 0 Å². The summed E-state index contributed by atoms with van der Waals surface area (Å²) < 4.78 is 0. The summed E-state index contributed by atoms with van der Waals surface area (Å²) in [6.45, 7) is 2.82. The largest absolute Gasteiger partial charge is 0.338 e. The molecule has 2 aliphatic rings. The van der Waals surface area contributed by atoms with Crippen molar-refractivity contribution in [2.75, 3.05) is 12.4 Å². The Balaban J connectivity index is 1.99. The number of alkyl halides is 1. The van der Waals surface area contributed by atoms with Crippen LogP contribution in [0.5, 0.6) is 0 Å². The number of hydrogen-bond acceptors (Lipinski definition) is 1. The molecule has 0 N–H and O–H groups in total. The third-order valence-electron chi connectivity index (χ3n) is 2.58. The first-order valence-corrected chi connectivity index (χ1v) is 4.58. The molecule has 0 spiro atoms. The molecule has 62 valence electrons. The SMILES string of the molecule is CC1(CCl)CN(C2CC2)C1=O. The summed E-state index contributed by atoms with van der Waals surface area (Å²) in [6, 6.07) is 0.568. The molecule has 0 aromatic rings. The summed E-state index contributed by atoms with van der Waals surface area (Å²) in [5.41, 5.74) is -0.232. The highest BCUT2D eigenvalue weighted by Gasteiger charge is 2.52. The Morgan fingerprint density at radius 2 is 2.36 bits per heavy atom. The van der Waals surface area contributed by atoms with E-state index in [1.165, 1.54) is 12.8 Å². The van der Waals surface area contributed by atoms with E-state index in [0.717, 1.165) is 6.54 Å². The summed E-state index contributed by atoms with van der Waals surface area (Å²) in [4.78, 5) is 13.4. The van der Waals surface area contributed by atoms with Crippen LogP contribution in [0.1, 0.15) is 19.8 Å². The van der Waals surface area contributed by atoms with Gasteiger partial charge in [0.15, 0.2) is 0 Å². The second-order valence-electron chi connectivity index (χ2n) is 3.86. The first kappa shape index (κ1) is 7.41. The molecule has 0 aromatic carbocycles. The van der Waals surface area contributed by atoms with Crippen molar-refractivity contribution in [3.8, 4) is 0 Å². The van der Waals surface area contributed by atoms with Crippen LogP contribution >= 0.6 is 11.6 Å². The molecule has 1 atom stereocenters. The number of nitrogens with zero attached hydrogens (tertiary/aromatic N) is 1. The maximum absolute atomic E-state index is 11.4. The van der Waals surface area contributed by atoms with Gasteiger partial charge < -0.3 is 4.90 Å². The van der Waals surface area contributed by atoms with Crippen molar-refractivity contribution in [2.45, 2.75) is 25.8 Å².